The molecule has 0 saturated heterocycles. The van der Waals surface area contributed by atoms with Crippen LogP contribution in [-0.4, -0.2) is 26.0 Å². The molecule has 0 aliphatic rings. The van der Waals surface area contributed by atoms with E-state index in [-0.39, 0.29) is 5.95 Å². The van der Waals surface area contributed by atoms with Gasteiger partial charge in [0.15, 0.2) is 11.5 Å². The first-order valence-corrected chi connectivity index (χ1v) is 5.31. The molecule has 0 amide bonds. The molecule has 0 unspecified atom stereocenters. The molecule has 0 aliphatic carbocycles. The zero-order valence-corrected chi connectivity index (χ0v) is 9.65. The van der Waals surface area contributed by atoms with Gasteiger partial charge in [0.2, 0.25) is 5.95 Å². The number of nitrogens with one attached hydrogen (secondary N) is 2. The Bertz CT molecular complexity index is 489. The topological polar surface area (TPSA) is 92.5 Å². The lowest BCUT2D eigenvalue weighted by Gasteiger charge is -2.18. The molecule has 2 heterocycles. The number of H-pyrrole nitrogens is 1. The molecule has 0 aromatic carbocycles. The van der Waals surface area contributed by atoms with Crippen LogP contribution in [0.3, 0.4) is 0 Å². The highest BCUT2D eigenvalue weighted by Crippen LogP contribution is 2.19. The van der Waals surface area contributed by atoms with Crippen LogP contribution >= 0.6 is 0 Å². The quantitative estimate of drug-likeness (QED) is 0.727. The molecular weight excluding hydrogens is 204 g/mol. The lowest BCUT2D eigenvalue weighted by atomic mass is 10.1. The smallest absolute Gasteiger partial charge is 0.224 e. The first-order valence-electron chi connectivity index (χ1n) is 5.31. The number of hydrogen-bond acceptors (Lipinski definition) is 5. The normalized spacial score (nSPS) is 13.2. The molecule has 6 heteroatoms. The number of aromatic nitrogens is 4. The highest BCUT2D eigenvalue weighted by atomic mass is 15.1. The average Bonchev–Trinajstić information content (AvgIpc) is 2.65. The van der Waals surface area contributed by atoms with Crippen molar-refractivity contribution >= 4 is 22.9 Å². The van der Waals surface area contributed by atoms with Gasteiger partial charge in [-0.1, -0.05) is 13.8 Å². The second-order valence-corrected chi connectivity index (χ2v) is 4.21. The summed E-state index contributed by atoms with van der Waals surface area (Å²) in [6.07, 6.45) is 1.59. The molecule has 6 nitrogen and oxygen atoms in total. The summed E-state index contributed by atoms with van der Waals surface area (Å²) in [5, 5.41) is 3.31. The third-order valence-corrected chi connectivity index (χ3v) is 2.67. The summed E-state index contributed by atoms with van der Waals surface area (Å²) in [6, 6.07) is 0.306. The number of nitrogen functional groups attached to an aromatic ring is 1. The van der Waals surface area contributed by atoms with Gasteiger partial charge in [-0.25, -0.2) is 4.98 Å². The van der Waals surface area contributed by atoms with Gasteiger partial charge in [0, 0.05) is 6.04 Å². The van der Waals surface area contributed by atoms with Crippen molar-refractivity contribution in [2.75, 3.05) is 11.1 Å². The Labute approximate surface area is 93.7 Å². The number of nitrogens with two attached hydrogens (primary N) is 1. The molecule has 0 aliphatic heterocycles. The van der Waals surface area contributed by atoms with E-state index >= 15 is 0 Å². The summed E-state index contributed by atoms with van der Waals surface area (Å²) in [7, 11) is 0. The summed E-state index contributed by atoms with van der Waals surface area (Å²) in [4.78, 5) is 15.3. The number of hydrogen-bond donors (Lipinski definition) is 3. The molecule has 2 aromatic rings. The molecule has 0 fully saturated rings. The summed E-state index contributed by atoms with van der Waals surface area (Å²) in [6.45, 7) is 6.39. The van der Waals surface area contributed by atoms with Crippen LogP contribution in [-0.2, 0) is 0 Å². The molecule has 0 bridgehead atoms. The third-order valence-electron chi connectivity index (χ3n) is 2.67. The Morgan fingerprint density at radius 1 is 1.31 bits per heavy atom. The predicted molar refractivity (Wildman–Crippen MR) is 64.0 cm³/mol. The van der Waals surface area contributed by atoms with Crippen molar-refractivity contribution < 1.29 is 0 Å². The molecular formula is C10H16N6. The minimum Gasteiger partial charge on any atom is -0.368 e. The van der Waals surface area contributed by atoms with Crippen LogP contribution in [0.15, 0.2) is 6.33 Å². The second kappa shape index (κ2) is 3.96. The molecule has 1 atom stereocenters. The van der Waals surface area contributed by atoms with E-state index in [0.717, 1.165) is 5.52 Å². The van der Waals surface area contributed by atoms with Crippen LogP contribution in [0, 0.1) is 5.92 Å². The average molecular weight is 220 g/mol. The van der Waals surface area contributed by atoms with E-state index in [9.17, 15) is 0 Å². The van der Waals surface area contributed by atoms with E-state index in [1.807, 2.05) is 0 Å². The van der Waals surface area contributed by atoms with Crippen LogP contribution in [0.2, 0.25) is 0 Å². The number of imidazole rings is 1. The molecule has 0 radical (unpaired) electrons. The molecule has 0 saturated carbocycles. The van der Waals surface area contributed by atoms with E-state index in [1.54, 1.807) is 6.33 Å². The van der Waals surface area contributed by atoms with Crippen LogP contribution < -0.4 is 11.1 Å². The van der Waals surface area contributed by atoms with Gasteiger partial charge in [0.1, 0.15) is 5.52 Å². The van der Waals surface area contributed by atoms with E-state index < -0.39 is 0 Å². The van der Waals surface area contributed by atoms with Gasteiger partial charge in [-0.2, -0.15) is 9.97 Å². The van der Waals surface area contributed by atoms with Crippen molar-refractivity contribution in [3.05, 3.63) is 6.33 Å². The summed E-state index contributed by atoms with van der Waals surface area (Å²) >= 11 is 0. The Balaban J connectivity index is 2.39. The number of rotatable bonds is 3. The maximum atomic E-state index is 5.62. The Morgan fingerprint density at radius 3 is 2.75 bits per heavy atom. The van der Waals surface area contributed by atoms with E-state index in [4.69, 9.17) is 5.73 Å². The van der Waals surface area contributed by atoms with Gasteiger partial charge < -0.3 is 16.0 Å². The van der Waals surface area contributed by atoms with Crippen molar-refractivity contribution in [3.8, 4) is 0 Å². The van der Waals surface area contributed by atoms with Crippen LogP contribution in [0.1, 0.15) is 20.8 Å². The third kappa shape index (κ3) is 1.91. The van der Waals surface area contributed by atoms with Gasteiger partial charge in [0.05, 0.1) is 6.33 Å². The largest absolute Gasteiger partial charge is 0.368 e. The first-order chi connectivity index (χ1) is 7.58. The lowest BCUT2D eigenvalue weighted by molar-refractivity contribution is 0.559. The van der Waals surface area contributed by atoms with Crippen LogP contribution in [0.5, 0.6) is 0 Å². The van der Waals surface area contributed by atoms with E-state index in [2.05, 4.69) is 46.0 Å². The first kappa shape index (κ1) is 10.7. The lowest BCUT2D eigenvalue weighted by Crippen LogP contribution is -2.22. The van der Waals surface area contributed by atoms with E-state index in [1.165, 1.54) is 0 Å². The van der Waals surface area contributed by atoms with Gasteiger partial charge in [0.25, 0.3) is 0 Å². The summed E-state index contributed by atoms with van der Waals surface area (Å²) in [5.74, 6) is 1.45. The Hall–Kier alpha value is -1.85. The SMILES string of the molecule is CC(C)[C@H](C)Nc1nc(N)nc2nc[nH]c12. The minimum absolute atomic E-state index is 0.234. The second-order valence-electron chi connectivity index (χ2n) is 4.21. The molecule has 86 valence electrons. The fraction of sp³-hybridized carbons (Fsp3) is 0.500. The molecule has 4 N–H and O–H groups in total. The van der Waals surface area contributed by atoms with Gasteiger partial charge in [-0.15, -0.1) is 0 Å². The highest BCUT2D eigenvalue weighted by Gasteiger charge is 2.12. The van der Waals surface area contributed by atoms with Crippen molar-refractivity contribution in [1.82, 2.24) is 19.9 Å². The molecule has 0 spiro atoms. The molecule has 16 heavy (non-hydrogen) atoms. The molecule has 2 aromatic heterocycles. The van der Waals surface area contributed by atoms with Gasteiger partial charge in [-0.05, 0) is 12.8 Å². The number of anilines is 2. The highest BCUT2D eigenvalue weighted by molar-refractivity contribution is 5.83. The minimum atomic E-state index is 0.234. The summed E-state index contributed by atoms with van der Waals surface area (Å²) < 4.78 is 0. The van der Waals surface area contributed by atoms with Crippen molar-refractivity contribution in [2.45, 2.75) is 26.8 Å². The maximum absolute atomic E-state index is 5.62. The fourth-order valence-electron chi connectivity index (χ4n) is 1.34. The van der Waals surface area contributed by atoms with Crippen molar-refractivity contribution in [3.63, 3.8) is 0 Å². The van der Waals surface area contributed by atoms with Crippen molar-refractivity contribution in [2.24, 2.45) is 5.92 Å². The zero-order valence-electron chi connectivity index (χ0n) is 9.65. The van der Waals surface area contributed by atoms with Crippen LogP contribution in [0.4, 0.5) is 11.8 Å². The number of aromatic amines is 1. The van der Waals surface area contributed by atoms with Crippen LogP contribution in [0.25, 0.3) is 11.2 Å². The Kier molecular flexibility index (Phi) is 2.64. The Morgan fingerprint density at radius 2 is 2.06 bits per heavy atom. The number of fused-ring (bicyclic) bond motifs is 1. The number of nitrogens with zero attached hydrogens (tertiary/aromatic N) is 3. The maximum Gasteiger partial charge on any atom is 0.224 e. The van der Waals surface area contributed by atoms with E-state index in [0.29, 0.717) is 23.4 Å². The van der Waals surface area contributed by atoms with Gasteiger partial charge >= 0.3 is 0 Å². The fourth-order valence-corrected chi connectivity index (χ4v) is 1.34. The zero-order chi connectivity index (χ0) is 11.7. The van der Waals surface area contributed by atoms with Crippen molar-refractivity contribution in [1.29, 1.82) is 0 Å². The molecule has 2 rings (SSSR count). The van der Waals surface area contributed by atoms with Gasteiger partial charge in [-0.3, -0.25) is 0 Å². The standard InChI is InChI=1S/C10H16N6/c1-5(2)6(3)14-9-7-8(13-4-12-7)15-10(11)16-9/h4-6H,1-3H3,(H4,11,12,13,14,15,16)/t6-/m0/s1. The predicted octanol–water partition coefficient (Wildman–Crippen LogP) is 1.39. The summed E-state index contributed by atoms with van der Waals surface area (Å²) in [5.41, 5.74) is 7.00. The monoisotopic (exact) mass is 220 g/mol.